The lowest BCUT2D eigenvalue weighted by molar-refractivity contribution is 0.0958. The van der Waals surface area contributed by atoms with E-state index >= 15 is 0 Å². The molecule has 0 spiro atoms. The third-order valence-electron chi connectivity index (χ3n) is 2.80. The molecule has 1 aliphatic heterocycles. The number of nitrogens with one attached hydrogen (secondary N) is 1. The number of hydrogen-bond donors (Lipinski definition) is 2. The van der Waals surface area contributed by atoms with Crippen molar-refractivity contribution in [2.24, 2.45) is 0 Å². The Morgan fingerprint density at radius 2 is 2.40 bits per heavy atom. The minimum absolute atomic E-state index is 0.0219. The van der Waals surface area contributed by atoms with Crippen molar-refractivity contribution in [2.75, 3.05) is 30.4 Å². The standard InChI is InChI=1S/C14H17NO2S3/c1-10-7-13(20-12(10)3-2-4-16)14(17)15-8-11-9-18-5-6-19-11/h7,11,16H,4-6,8-9H2,1H3,(H,15,17). The molecule has 108 valence electrons. The fourth-order valence-corrected chi connectivity index (χ4v) is 5.36. The van der Waals surface area contributed by atoms with Crippen LogP contribution in [0.2, 0.25) is 0 Å². The van der Waals surface area contributed by atoms with Gasteiger partial charge in [-0.25, -0.2) is 0 Å². The molecule has 2 N–H and O–H groups in total. The molecule has 2 rings (SSSR count). The third-order valence-corrected chi connectivity index (χ3v) is 6.79. The Hall–Kier alpha value is -0.610. The maximum atomic E-state index is 12.1. The number of thiophene rings is 1. The van der Waals surface area contributed by atoms with Crippen molar-refractivity contribution in [1.82, 2.24) is 5.32 Å². The van der Waals surface area contributed by atoms with Crippen LogP contribution < -0.4 is 5.32 Å². The zero-order chi connectivity index (χ0) is 14.4. The molecule has 6 heteroatoms. The number of rotatable bonds is 3. The fraction of sp³-hybridized carbons (Fsp3) is 0.500. The van der Waals surface area contributed by atoms with E-state index in [2.05, 4.69) is 17.2 Å². The SMILES string of the molecule is Cc1cc(C(=O)NCC2CSCCS2)sc1C#CCO. The number of carbonyl (C=O) groups is 1. The molecule has 1 aromatic heterocycles. The highest BCUT2D eigenvalue weighted by Gasteiger charge is 2.17. The topological polar surface area (TPSA) is 49.3 Å². The number of thioether (sulfide) groups is 2. The average molecular weight is 327 g/mol. The molecule has 2 heterocycles. The summed E-state index contributed by atoms with van der Waals surface area (Å²) < 4.78 is 0. The summed E-state index contributed by atoms with van der Waals surface area (Å²) in [5, 5.41) is 12.2. The maximum Gasteiger partial charge on any atom is 0.261 e. The zero-order valence-electron chi connectivity index (χ0n) is 11.3. The molecule has 0 saturated carbocycles. The summed E-state index contributed by atoms with van der Waals surface area (Å²) in [6.07, 6.45) is 0. The monoisotopic (exact) mass is 327 g/mol. The van der Waals surface area contributed by atoms with Crippen molar-refractivity contribution in [3.05, 3.63) is 21.4 Å². The van der Waals surface area contributed by atoms with E-state index in [1.165, 1.54) is 22.8 Å². The van der Waals surface area contributed by atoms with Gasteiger partial charge >= 0.3 is 0 Å². The molecule has 1 aliphatic rings. The van der Waals surface area contributed by atoms with Crippen molar-refractivity contribution >= 4 is 40.8 Å². The molecule has 1 fully saturated rings. The molecule has 0 radical (unpaired) electrons. The van der Waals surface area contributed by atoms with Gasteiger partial charge in [-0.2, -0.15) is 23.5 Å². The van der Waals surface area contributed by atoms with E-state index in [4.69, 9.17) is 5.11 Å². The summed E-state index contributed by atoms with van der Waals surface area (Å²) in [6, 6.07) is 1.87. The Morgan fingerprint density at radius 1 is 1.55 bits per heavy atom. The first kappa shape index (κ1) is 15.8. The van der Waals surface area contributed by atoms with Gasteiger partial charge in [0.1, 0.15) is 6.61 Å². The predicted octanol–water partition coefficient (Wildman–Crippen LogP) is 1.98. The molecule has 1 saturated heterocycles. The largest absolute Gasteiger partial charge is 0.384 e. The van der Waals surface area contributed by atoms with Gasteiger partial charge in [0.25, 0.3) is 5.91 Å². The molecule has 0 bridgehead atoms. The van der Waals surface area contributed by atoms with Gasteiger partial charge in [-0.05, 0) is 18.6 Å². The molecule has 1 amide bonds. The van der Waals surface area contributed by atoms with E-state index in [0.717, 1.165) is 22.7 Å². The molecule has 1 unspecified atom stereocenters. The van der Waals surface area contributed by atoms with Crippen LogP contribution in [0.15, 0.2) is 6.07 Å². The Bertz CT molecular complexity index is 524. The summed E-state index contributed by atoms with van der Waals surface area (Å²) in [7, 11) is 0. The Kier molecular flexibility index (Phi) is 6.30. The van der Waals surface area contributed by atoms with E-state index in [0.29, 0.717) is 10.1 Å². The van der Waals surface area contributed by atoms with Crippen LogP contribution in [-0.2, 0) is 0 Å². The van der Waals surface area contributed by atoms with Crippen LogP contribution in [0.3, 0.4) is 0 Å². The van der Waals surface area contributed by atoms with Crippen molar-refractivity contribution < 1.29 is 9.90 Å². The fourth-order valence-electron chi connectivity index (χ4n) is 1.79. The van der Waals surface area contributed by atoms with E-state index in [-0.39, 0.29) is 12.5 Å². The van der Waals surface area contributed by atoms with Crippen LogP contribution in [0.5, 0.6) is 0 Å². The van der Waals surface area contributed by atoms with E-state index in [1.807, 2.05) is 36.5 Å². The number of aliphatic hydroxyl groups excluding tert-OH is 1. The first-order valence-electron chi connectivity index (χ1n) is 6.38. The summed E-state index contributed by atoms with van der Waals surface area (Å²) in [6.45, 7) is 2.50. The van der Waals surface area contributed by atoms with Gasteiger partial charge in [0.15, 0.2) is 0 Å². The Morgan fingerprint density at radius 3 is 3.10 bits per heavy atom. The van der Waals surface area contributed by atoms with Crippen molar-refractivity contribution in [3.8, 4) is 11.8 Å². The lowest BCUT2D eigenvalue weighted by atomic mass is 10.2. The number of aryl methyl sites for hydroxylation is 1. The lowest BCUT2D eigenvalue weighted by Gasteiger charge is -2.20. The quantitative estimate of drug-likeness (QED) is 0.834. The maximum absolute atomic E-state index is 12.1. The molecular weight excluding hydrogens is 310 g/mol. The number of carbonyl (C=O) groups excluding carboxylic acids is 1. The van der Waals surface area contributed by atoms with Crippen LogP contribution in [0.25, 0.3) is 0 Å². The van der Waals surface area contributed by atoms with Crippen LogP contribution in [0.4, 0.5) is 0 Å². The highest BCUT2D eigenvalue weighted by Crippen LogP contribution is 2.24. The van der Waals surface area contributed by atoms with Gasteiger partial charge in [0.2, 0.25) is 0 Å². The molecule has 0 aromatic carbocycles. The van der Waals surface area contributed by atoms with Gasteiger partial charge in [0, 0.05) is 29.1 Å². The van der Waals surface area contributed by atoms with Crippen molar-refractivity contribution in [2.45, 2.75) is 12.2 Å². The van der Waals surface area contributed by atoms with Crippen molar-refractivity contribution in [3.63, 3.8) is 0 Å². The van der Waals surface area contributed by atoms with Gasteiger partial charge in [-0.3, -0.25) is 4.79 Å². The lowest BCUT2D eigenvalue weighted by Crippen LogP contribution is -2.33. The second-order valence-corrected chi connectivity index (χ2v) is 7.97. The van der Waals surface area contributed by atoms with Gasteiger partial charge in [0.05, 0.1) is 9.75 Å². The Labute approximate surface area is 131 Å². The molecule has 1 atom stereocenters. The average Bonchev–Trinajstić information content (AvgIpc) is 2.85. The van der Waals surface area contributed by atoms with Crippen LogP contribution >= 0.6 is 34.9 Å². The third kappa shape index (κ3) is 4.45. The van der Waals surface area contributed by atoms with Crippen molar-refractivity contribution in [1.29, 1.82) is 0 Å². The predicted molar refractivity (Wildman–Crippen MR) is 88.9 cm³/mol. The van der Waals surface area contributed by atoms with E-state index in [9.17, 15) is 4.79 Å². The number of amides is 1. The summed E-state index contributed by atoms with van der Waals surface area (Å²) in [5.74, 6) is 8.97. The van der Waals surface area contributed by atoms with Crippen LogP contribution in [0, 0.1) is 18.8 Å². The van der Waals surface area contributed by atoms with Gasteiger partial charge < -0.3 is 10.4 Å². The van der Waals surface area contributed by atoms with Gasteiger partial charge in [-0.1, -0.05) is 11.8 Å². The number of hydrogen-bond acceptors (Lipinski definition) is 5. The molecule has 0 aliphatic carbocycles. The highest BCUT2D eigenvalue weighted by atomic mass is 32.2. The summed E-state index contributed by atoms with van der Waals surface area (Å²) >= 11 is 5.28. The normalized spacial score (nSPS) is 18.2. The molecular formula is C14H17NO2S3. The highest BCUT2D eigenvalue weighted by molar-refractivity contribution is 8.06. The minimum atomic E-state index is -0.157. The number of aliphatic hydroxyl groups is 1. The summed E-state index contributed by atoms with van der Waals surface area (Å²) in [4.78, 5) is 13.7. The van der Waals surface area contributed by atoms with Gasteiger partial charge in [-0.15, -0.1) is 11.3 Å². The first-order chi connectivity index (χ1) is 9.70. The molecule has 20 heavy (non-hydrogen) atoms. The Balaban J connectivity index is 1.91. The summed E-state index contributed by atoms with van der Waals surface area (Å²) in [5.41, 5.74) is 0.990. The van der Waals surface area contributed by atoms with E-state index < -0.39 is 0 Å². The first-order valence-corrected chi connectivity index (χ1v) is 9.40. The van der Waals surface area contributed by atoms with Crippen LogP contribution in [-0.4, -0.2) is 46.7 Å². The van der Waals surface area contributed by atoms with E-state index in [1.54, 1.807) is 0 Å². The minimum Gasteiger partial charge on any atom is -0.384 e. The zero-order valence-corrected chi connectivity index (χ0v) is 13.7. The second-order valence-electron chi connectivity index (χ2n) is 4.36. The van der Waals surface area contributed by atoms with Crippen LogP contribution in [0.1, 0.15) is 20.1 Å². The molecule has 3 nitrogen and oxygen atoms in total. The smallest absolute Gasteiger partial charge is 0.261 e. The second kappa shape index (κ2) is 7.99. The molecule has 1 aromatic rings.